The highest BCUT2D eigenvalue weighted by Gasteiger charge is 2.24. The minimum absolute atomic E-state index is 0.0790. The van der Waals surface area contributed by atoms with Crippen LogP contribution in [0.3, 0.4) is 0 Å². The minimum Gasteiger partial charge on any atom is -0.443 e. The Morgan fingerprint density at radius 3 is 2.89 bits per heavy atom. The SMILES string of the molecule is Cc1cc2c(s1)Oc1cc([N+](=O)[O-])ccc1NC2=O. The van der Waals surface area contributed by atoms with Gasteiger partial charge in [0.1, 0.15) is 0 Å². The summed E-state index contributed by atoms with van der Waals surface area (Å²) in [5.74, 6) is 0.00935. The van der Waals surface area contributed by atoms with Crippen LogP contribution in [0.25, 0.3) is 0 Å². The number of nitrogens with one attached hydrogen (secondary N) is 1. The van der Waals surface area contributed by atoms with E-state index in [0.29, 0.717) is 16.3 Å². The quantitative estimate of drug-likeness (QED) is 0.639. The van der Waals surface area contributed by atoms with Gasteiger partial charge in [-0.1, -0.05) is 0 Å². The van der Waals surface area contributed by atoms with Crippen LogP contribution in [0.2, 0.25) is 0 Å². The number of carbonyl (C=O) groups excluding carboxylic acids is 1. The van der Waals surface area contributed by atoms with Gasteiger partial charge in [-0.25, -0.2) is 0 Å². The van der Waals surface area contributed by atoms with Crippen LogP contribution in [0.5, 0.6) is 10.8 Å². The number of aryl methyl sites for hydroxylation is 1. The molecular formula is C12H8N2O4S. The fourth-order valence-electron chi connectivity index (χ4n) is 1.83. The molecule has 1 aliphatic heterocycles. The van der Waals surface area contributed by atoms with E-state index in [-0.39, 0.29) is 17.3 Å². The van der Waals surface area contributed by atoms with E-state index < -0.39 is 4.92 Å². The molecule has 0 unspecified atom stereocenters. The van der Waals surface area contributed by atoms with E-state index in [1.54, 1.807) is 6.07 Å². The summed E-state index contributed by atoms with van der Waals surface area (Å²) >= 11 is 1.33. The van der Waals surface area contributed by atoms with E-state index in [4.69, 9.17) is 4.74 Å². The highest BCUT2D eigenvalue weighted by Crippen LogP contribution is 2.41. The molecular weight excluding hydrogens is 268 g/mol. The first kappa shape index (κ1) is 11.7. The summed E-state index contributed by atoms with van der Waals surface area (Å²) in [7, 11) is 0. The average Bonchev–Trinajstić information content (AvgIpc) is 2.66. The molecule has 3 rings (SSSR count). The topological polar surface area (TPSA) is 81.5 Å². The van der Waals surface area contributed by atoms with Gasteiger partial charge in [-0.3, -0.25) is 14.9 Å². The Balaban J connectivity index is 2.13. The summed E-state index contributed by atoms with van der Waals surface area (Å²) in [6.45, 7) is 1.87. The van der Waals surface area contributed by atoms with Crippen molar-refractivity contribution in [1.82, 2.24) is 0 Å². The summed E-state index contributed by atoms with van der Waals surface area (Å²) in [5.41, 5.74) is 0.794. The number of nitrogens with zero attached hydrogens (tertiary/aromatic N) is 1. The smallest absolute Gasteiger partial charge is 0.273 e. The van der Waals surface area contributed by atoms with Gasteiger partial charge in [0.2, 0.25) is 0 Å². The van der Waals surface area contributed by atoms with Gasteiger partial charge in [-0.2, -0.15) is 0 Å². The van der Waals surface area contributed by atoms with Crippen molar-refractivity contribution in [3.8, 4) is 10.8 Å². The highest BCUT2D eigenvalue weighted by atomic mass is 32.1. The lowest BCUT2D eigenvalue weighted by molar-refractivity contribution is -0.384. The van der Waals surface area contributed by atoms with Crippen molar-refractivity contribution in [3.05, 3.63) is 44.8 Å². The third kappa shape index (κ3) is 1.93. The van der Waals surface area contributed by atoms with Crippen LogP contribution in [-0.2, 0) is 0 Å². The maximum absolute atomic E-state index is 12.0. The summed E-state index contributed by atoms with van der Waals surface area (Å²) in [6.07, 6.45) is 0. The lowest BCUT2D eigenvalue weighted by Gasteiger charge is -2.05. The lowest BCUT2D eigenvalue weighted by atomic mass is 10.2. The van der Waals surface area contributed by atoms with E-state index >= 15 is 0 Å². The van der Waals surface area contributed by atoms with Gasteiger partial charge in [0, 0.05) is 10.9 Å². The zero-order chi connectivity index (χ0) is 13.6. The van der Waals surface area contributed by atoms with Gasteiger partial charge in [0.15, 0.2) is 10.8 Å². The van der Waals surface area contributed by atoms with Gasteiger partial charge in [-0.15, -0.1) is 11.3 Å². The van der Waals surface area contributed by atoms with Crippen LogP contribution in [0.1, 0.15) is 15.2 Å². The maximum Gasteiger partial charge on any atom is 0.273 e. The van der Waals surface area contributed by atoms with Crippen molar-refractivity contribution in [1.29, 1.82) is 0 Å². The average molecular weight is 276 g/mol. The van der Waals surface area contributed by atoms with E-state index in [1.807, 2.05) is 6.92 Å². The second kappa shape index (κ2) is 4.06. The summed E-state index contributed by atoms with van der Waals surface area (Å²) in [6, 6.07) is 5.83. The normalized spacial score (nSPS) is 12.8. The number of amides is 1. The molecule has 0 atom stereocenters. The number of non-ortho nitro benzene ring substituents is 1. The van der Waals surface area contributed by atoms with E-state index in [0.717, 1.165) is 4.88 Å². The minimum atomic E-state index is -0.503. The maximum atomic E-state index is 12.0. The molecule has 0 spiro atoms. The molecule has 1 aliphatic rings. The molecule has 19 heavy (non-hydrogen) atoms. The molecule has 1 aromatic heterocycles. The van der Waals surface area contributed by atoms with Crippen LogP contribution in [0.4, 0.5) is 11.4 Å². The number of ether oxygens (including phenoxy) is 1. The molecule has 0 fully saturated rings. The van der Waals surface area contributed by atoms with Gasteiger partial charge in [0.05, 0.1) is 22.2 Å². The molecule has 1 amide bonds. The van der Waals surface area contributed by atoms with Crippen LogP contribution in [0.15, 0.2) is 24.3 Å². The molecule has 0 aliphatic carbocycles. The fourth-order valence-corrected chi connectivity index (χ4v) is 2.69. The molecule has 2 heterocycles. The Hall–Kier alpha value is -2.41. The Labute approximate surface area is 111 Å². The van der Waals surface area contributed by atoms with Crippen molar-refractivity contribution in [2.24, 2.45) is 0 Å². The number of rotatable bonds is 1. The molecule has 6 nitrogen and oxygen atoms in total. The van der Waals surface area contributed by atoms with Crippen LogP contribution < -0.4 is 10.1 Å². The zero-order valence-electron chi connectivity index (χ0n) is 9.80. The molecule has 1 aromatic carbocycles. The van der Waals surface area contributed by atoms with Crippen LogP contribution >= 0.6 is 11.3 Å². The summed E-state index contributed by atoms with van der Waals surface area (Å²) < 4.78 is 5.62. The van der Waals surface area contributed by atoms with Crippen LogP contribution in [-0.4, -0.2) is 10.8 Å². The Kier molecular flexibility index (Phi) is 2.49. The van der Waals surface area contributed by atoms with Crippen molar-refractivity contribution in [2.45, 2.75) is 6.92 Å². The second-order valence-corrected chi connectivity index (χ2v) is 5.27. The number of nitro benzene ring substituents is 1. The molecule has 0 saturated heterocycles. The second-order valence-electron chi connectivity index (χ2n) is 4.05. The van der Waals surface area contributed by atoms with Gasteiger partial charge < -0.3 is 10.1 Å². The molecule has 0 saturated carbocycles. The third-order valence-electron chi connectivity index (χ3n) is 2.69. The number of fused-ring (bicyclic) bond motifs is 2. The van der Waals surface area contributed by atoms with Crippen molar-refractivity contribution >= 4 is 28.6 Å². The first-order valence-electron chi connectivity index (χ1n) is 5.42. The fraction of sp³-hybridized carbons (Fsp3) is 0.0833. The monoisotopic (exact) mass is 276 g/mol. The molecule has 0 bridgehead atoms. The van der Waals surface area contributed by atoms with Crippen molar-refractivity contribution in [3.63, 3.8) is 0 Å². The predicted octanol–water partition coefficient (Wildman–Crippen LogP) is 3.32. The number of anilines is 1. The van der Waals surface area contributed by atoms with Gasteiger partial charge in [0.25, 0.3) is 11.6 Å². The Morgan fingerprint density at radius 1 is 1.37 bits per heavy atom. The number of hydrogen-bond acceptors (Lipinski definition) is 5. The summed E-state index contributed by atoms with van der Waals surface area (Å²) in [4.78, 5) is 23.2. The van der Waals surface area contributed by atoms with Gasteiger partial charge >= 0.3 is 0 Å². The number of nitro groups is 1. The van der Waals surface area contributed by atoms with Crippen LogP contribution in [0, 0.1) is 17.0 Å². The predicted molar refractivity (Wildman–Crippen MR) is 70.2 cm³/mol. The number of thiophene rings is 1. The molecule has 2 aromatic rings. The van der Waals surface area contributed by atoms with Crippen molar-refractivity contribution in [2.75, 3.05) is 5.32 Å². The summed E-state index contributed by atoms with van der Waals surface area (Å²) in [5, 5.41) is 13.9. The lowest BCUT2D eigenvalue weighted by Crippen LogP contribution is -2.09. The molecule has 96 valence electrons. The standard InChI is InChI=1S/C12H8N2O4S/c1-6-4-8-11(15)13-9-3-2-7(14(16)17)5-10(9)18-12(8)19-6/h2-5H,1H3,(H,13,15). The third-order valence-corrected chi connectivity index (χ3v) is 3.62. The molecule has 0 radical (unpaired) electrons. The number of benzene rings is 1. The Morgan fingerprint density at radius 2 is 2.16 bits per heavy atom. The zero-order valence-corrected chi connectivity index (χ0v) is 10.6. The molecule has 7 heteroatoms. The Bertz CT molecular complexity index is 708. The van der Waals surface area contributed by atoms with E-state index in [1.165, 1.54) is 29.5 Å². The largest absolute Gasteiger partial charge is 0.443 e. The first-order chi connectivity index (χ1) is 9.04. The number of carbonyl (C=O) groups is 1. The van der Waals surface area contributed by atoms with E-state index in [2.05, 4.69) is 5.32 Å². The molecule has 1 N–H and O–H groups in total. The first-order valence-corrected chi connectivity index (χ1v) is 6.24. The van der Waals surface area contributed by atoms with E-state index in [9.17, 15) is 14.9 Å². The highest BCUT2D eigenvalue weighted by molar-refractivity contribution is 7.14. The number of hydrogen-bond donors (Lipinski definition) is 1. The van der Waals surface area contributed by atoms with Crippen molar-refractivity contribution < 1.29 is 14.5 Å². The van der Waals surface area contributed by atoms with Gasteiger partial charge in [-0.05, 0) is 19.1 Å².